The van der Waals surface area contributed by atoms with E-state index in [1.807, 2.05) is 74.8 Å². The normalized spacial score (nSPS) is 10.8. The van der Waals surface area contributed by atoms with E-state index in [4.69, 9.17) is 16.3 Å². The Kier molecular flexibility index (Phi) is 7.16. The Labute approximate surface area is 183 Å². The quantitative estimate of drug-likeness (QED) is 0.506. The average Bonchev–Trinajstić information content (AvgIpc) is 2.98. The van der Waals surface area contributed by atoms with E-state index >= 15 is 0 Å². The Hall–Kier alpha value is -2.79. The summed E-state index contributed by atoms with van der Waals surface area (Å²) in [6.07, 6.45) is 0.783. The lowest BCUT2D eigenvalue weighted by molar-refractivity contribution is 0.0952. The minimum atomic E-state index is -0.0800. The van der Waals surface area contributed by atoms with Gasteiger partial charge in [-0.05, 0) is 62.9 Å². The van der Waals surface area contributed by atoms with E-state index in [0.29, 0.717) is 30.3 Å². The second kappa shape index (κ2) is 9.81. The zero-order valence-electron chi connectivity index (χ0n) is 18.0. The number of aryl methyl sites for hydroxylation is 4. The van der Waals surface area contributed by atoms with Crippen LogP contribution in [0.1, 0.15) is 44.9 Å². The molecule has 2 aromatic carbocycles. The van der Waals surface area contributed by atoms with Crippen LogP contribution in [0.15, 0.2) is 42.5 Å². The number of hydrogen-bond donors (Lipinski definition) is 1. The van der Waals surface area contributed by atoms with Crippen LogP contribution in [0.3, 0.4) is 0 Å². The molecule has 0 bridgehead atoms. The monoisotopic (exact) mass is 425 g/mol. The summed E-state index contributed by atoms with van der Waals surface area (Å²) in [5, 5.41) is 8.07. The topological polar surface area (TPSA) is 56.1 Å². The smallest absolute Gasteiger partial charge is 0.251 e. The maximum Gasteiger partial charge on any atom is 0.251 e. The number of ether oxygens (including phenoxy) is 1. The van der Waals surface area contributed by atoms with Gasteiger partial charge in [0.2, 0.25) is 0 Å². The number of halogens is 1. The first-order valence-corrected chi connectivity index (χ1v) is 10.5. The molecule has 0 aliphatic carbocycles. The van der Waals surface area contributed by atoms with E-state index in [1.165, 1.54) is 0 Å². The molecule has 1 heterocycles. The summed E-state index contributed by atoms with van der Waals surface area (Å²) in [5.41, 5.74) is 5.69. The van der Waals surface area contributed by atoms with Crippen LogP contribution in [0.2, 0.25) is 5.02 Å². The molecule has 0 unspecified atom stereocenters. The third-order valence-electron chi connectivity index (χ3n) is 5.13. The minimum Gasteiger partial charge on any atom is -0.488 e. The van der Waals surface area contributed by atoms with Crippen LogP contribution in [0, 0.1) is 27.7 Å². The number of carbonyl (C=O) groups is 1. The Morgan fingerprint density at radius 2 is 1.73 bits per heavy atom. The van der Waals surface area contributed by atoms with E-state index in [2.05, 4.69) is 10.4 Å². The van der Waals surface area contributed by atoms with E-state index < -0.39 is 0 Å². The van der Waals surface area contributed by atoms with Crippen LogP contribution >= 0.6 is 11.6 Å². The van der Waals surface area contributed by atoms with Crippen molar-refractivity contribution in [3.05, 3.63) is 81.1 Å². The molecule has 0 spiro atoms. The summed E-state index contributed by atoms with van der Waals surface area (Å²) in [7, 11) is 0. The SMILES string of the molecule is Cc1cccc(C)c1OCc1ccc(C(=O)NCCCn2nc(C)c(Cl)c2C)cc1. The predicted octanol–water partition coefficient (Wildman–Crippen LogP) is 5.17. The molecule has 0 saturated carbocycles. The summed E-state index contributed by atoms with van der Waals surface area (Å²) < 4.78 is 7.86. The molecule has 6 heteroatoms. The summed E-state index contributed by atoms with van der Waals surface area (Å²) in [4.78, 5) is 12.4. The fraction of sp³-hybridized carbons (Fsp3) is 0.333. The van der Waals surface area contributed by atoms with Crippen LogP contribution in [0.25, 0.3) is 0 Å². The fourth-order valence-corrected chi connectivity index (χ4v) is 3.50. The van der Waals surface area contributed by atoms with Crippen LogP contribution in [-0.2, 0) is 13.2 Å². The lowest BCUT2D eigenvalue weighted by atomic mass is 10.1. The Morgan fingerprint density at radius 3 is 2.33 bits per heavy atom. The number of amides is 1. The molecular weight excluding hydrogens is 398 g/mol. The van der Waals surface area contributed by atoms with Crippen LogP contribution in [0.4, 0.5) is 0 Å². The van der Waals surface area contributed by atoms with Gasteiger partial charge in [-0.1, -0.05) is 41.9 Å². The zero-order chi connectivity index (χ0) is 21.7. The van der Waals surface area contributed by atoms with Gasteiger partial charge in [0.05, 0.1) is 16.4 Å². The summed E-state index contributed by atoms with van der Waals surface area (Å²) in [6.45, 7) is 9.69. The number of nitrogens with one attached hydrogen (secondary N) is 1. The highest BCUT2D eigenvalue weighted by Crippen LogP contribution is 2.23. The molecule has 3 aromatic rings. The average molecular weight is 426 g/mol. The molecule has 1 N–H and O–H groups in total. The van der Waals surface area contributed by atoms with E-state index in [1.54, 1.807) is 0 Å². The maximum absolute atomic E-state index is 12.4. The van der Waals surface area contributed by atoms with Crippen molar-refractivity contribution in [3.63, 3.8) is 0 Å². The van der Waals surface area contributed by atoms with Crippen molar-refractivity contribution in [2.75, 3.05) is 6.54 Å². The molecule has 1 aromatic heterocycles. The zero-order valence-corrected chi connectivity index (χ0v) is 18.7. The number of aromatic nitrogens is 2. The number of rotatable bonds is 8. The van der Waals surface area contributed by atoms with E-state index in [0.717, 1.165) is 40.2 Å². The number of benzene rings is 2. The van der Waals surface area contributed by atoms with E-state index in [9.17, 15) is 4.79 Å². The molecule has 0 aliphatic rings. The van der Waals surface area contributed by atoms with Gasteiger partial charge in [0.15, 0.2) is 0 Å². The van der Waals surface area contributed by atoms with Crippen LogP contribution in [-0.4, -0.2) is 22.2 Å². The first-order chi connectivity index (χ1) is 14.4. The Bertz CT molecular complexity index is 1010. The molecule has 0 fully saturated rings. The van der Waals surface area contributed by atoms with Gasteiger partial charge in [-0.3, -0.25) is 9.48 Å². The highest BCUT2D eigenvalue weighted by Gasteiger charge is 2.10. The van der Waals surface area contributed by atoms with Crippen LogP contribution < -0.4 is 10.1 Å². The molecular formula is C24H28ClN3O2. The number of carbonyl (C=O) groups excluding carboxylic acids is 1. The van der Waals surface area contributed by atoms with Crippen molar-refractivity contribution in [1.82, 2.24) is 15.1 Å². The van der Waals surface area contributed by atoms with Gasteiger partial charge in [0.1, 0.15) is 12.4 Å². The lowest BCUT2D eigenvalue weighted by Crippen LogP contribution is -2.25. The van der Waals surface area contributed by atoms with Gasteiger partial charge in [0, 0.05) is 18.7 Å². The molecule has 30 heavy (non-hydrogen) atoms. The standard InChI is InChI=1S/C24H28ClN3O2/c1-16-7-5-8-17(2)23(16)30-15-20-9-11-21(12-10-20)24(29)26-13-6-14-28-19(4)22(25)18(3)27-28/h5,7-12H,6,13-15H2,1-4H3,(H,26,29). The minimum absolute atomic E-state index is 0.0800. The summed E-state index contributed by atoms with van der Waals surface area (Å²) in [6, 6.07) is 13.6. The lowest BCUT2D eigenvalue weighted by Gasteiger charge is -2.12. The van der Waals surface area contributed by atoms with Crippen molar-refractivity contribution < 1.29 is 9.53 Å². The number of hydrogen-bond acceptors (Lipinski definition) is 3. The molecule has 158 valence electrons. The maximum atomic E-state index is 12.4. The van der Waals surface area contributed by atoms with Gasteiger partial charge < -0.3 is 10.1 Å². The van der Waals surface area contributed by atoms with Gasteiger partial charge in [-0.15, -0.1) is 0 Å². The van der Waals surface area contributed by atoms with Gasteiger partial charge >= 0.3 is 0 Å². The first kappa shape index (κ1) is 21.9. The second-order valence-corrected chi connectivity index (χ2v) is 7.90. The summed E-state index contributed by atoms with van der Waals surface area (Å²) >= 11 is 6.16. The van der Waals surface area contributed by atoms with Crippen molar-refractivity contribution >= 4 is 17.5 Å². The summed E-state index contributed by atoms with van der Waals surface area (Å²) in [5.74, 6) is 0.840. The molecule has 1 amide bonds. The molecule has 3 rings (SSSR count). The van der Waals surface area contributed by atoms with Crippen molar-refractivity contribution in [3.8, 4) is 5.75 Å². The van der Waals surface area contributed by atoms with Crippen molar-refractivity contribution in [2.24, 2.45) is 0 Å². The van der Waals surface area contributed by atoms with E-state index in [-0.39, 0.29) is 5.91 Å². The number of para-hydroxylation sites is 1. The Morgan fingerprint density at radius 1 is 1.07 bits per heavy atom. The fourth-order valence-electron chi connectivity index (χ4n) is 3.36. The van der Waals surface area contributed by atoms with Crippen molar-refractivity contribution in [1.29, 1.82) is 0 Å². The molecule has 5 nitrogen and oxygen atoms in total. The predicted molar refractivity (Wildman–Crippen MR) is 120 cm³/mol. The molecule has 0 atom stereocenters. The van der Waals surface area contributed by atoms with Gasteiger partial charge in [-0.2, -0.15) is 5.10 Å². The first-order valence-electron chi connectivity index (χ1n) is 10.1. The third-order valence-corrected chi connectivity index (χ3v) is 5.68. The highest BCUT2D eigenvalue weighted by molar-refractivity contribution is 6.31. The molecule has 0 saturated heterocycles. The number of nitrogens with zero attached hydrogens (tertiary/aromatic N) is 2. The highest BCUT2D eigenvalue weighted by atomic mass is 35.5. The largest absolute Gasteiger partial charge is 0.488 e. The van der Waals surface area contributed by atoms with Crippen molar-refractivity contribution in [2.45, 2.75) is 47.3 Å². The van der Waals surface area contributed by atoms with Crippen LogP contribution in [0.5, 0.6) is 5.75 Å². The molecule has 0 radical (unpaired) electrons. The Balaban J connectivity index is 1.47. The third kappa shape index (κ3) is 5.22. The molecule has 0 aliphatic heterocycles. The van der Waals surface area contributed by atoms with Gasteiger partial charge in [-0.25, -0.2) is 0 Å². The second-order valence-electron chi connectivity index (χ2n) is 7.52. The van der Waals surface area contributed by atoms with Gasteiger partial charge in [0.25, 0.3) is 5.91 Å².